The van der Waals surface area contributed by atoms with Crippen molar-refractivity contribution in [3.8, 4) is 0 Å². The number of hydrogen-bond donors (Lipinski definition) is 2. The topological polar surface area (TPSA) is 32.3 Å². The molecular weight excluding hydrogens is 258 g/mol. The maximum absolute atomic E-state index is 10.3. The molecule has 2 atom stereocenters. The summed E-state index contributed by atoms with van der Waals surface area (Å²) in [6, 6.07) is 8.41. The van der Waals surface area contributed by atoms with E-state index in [1.165, 1.54) is 18.4 Å². The fourth-order valence-electron chi connectivity index (χ4n) is 2.61. The average Bonchev–Trinajstić information content (AvgIpc) is 3.16. The van der Waals surface area contributed by atoms with Crippen molar-refractivity contribution in [1.82, 2.24) is 5.32 Å². The molecular formula is C16H24ClNO. The summed E-state index contributed by atoms with van der Waals surface area (Å²) in [5, 5.41) is 14.6. The monoisotopic (exact) mass is 281 g/mol. The van der Waals surface area contributed by atoms with E-state index in [1.54, 1.807) is 0 Å². The molecule has 0 spiro atoms. The molecule has 0 aromatic heterocycles. The summed E-state index contributed by atoms with van der Waals surface area (Å²) < 4.78 is 0. The largest absolute Gasteiger partial charge is 0.389 e. The van der Waals surface area contributed by atoms with Gasteiger partial charge >= 0.3 is 0 Å². The molecule has 0 saturated heterocycles. The Balaban J connectivity index is 1.99. The van der Waals surface area contributed by atoms with Crippen LogP contribution in [0.15, 0.2) is 24.3 Å². The number of aliphatic hydroxyl groups is 1. The minimum atomic E-state index is -0.617. The standard InChI is InChI=1S/C16H24ClNO/c1-3-10-16(2,19)11-18-15(12-4-5-12)13-6-8-14(17)9-7-13/h6-9,12,15,18-19H,3-5,10-11H2,1-2H3. The second-order valence-corrected chi connectivity index (χ2v) is 6.43. The molecule has 0 aliphatic heterocycles. The molecule has 106 valence electrons. The predicted octanol–water partition coefficient (Wildman–Crippen LogP) is 3.93. The lowest BCUT2D eigenvalue weighted by atomic mass is 9.97. The molecule has 1 aliphatic rings. The number of hydrogen-bond acceptors (Lipinski definition) is 2. The fraction of sp³-hybridized carbons (Fsp3) is 0.625. The van der Waals surface area contributed by atoms with Gasteiger partial charge in [-0.3, -0.25) is 0 Å². The van der Waals surface area contributed by atoms with Crippen LogP contribution in [0.2, 0.25) is 5.02 Å². The maximum Gasteiger partial charge on any atom is 0.0743 e. The van der Waals surface area contributed by atoms with Gasteiger partial charge in [-0.05, 0) is 49.8 Å². The van der Waals surface area contributed by atoms with E-state index in [1.807, 2.05) is 19.1 Å². The summed E-state index contributed by atoms with van der Waals surface area (Å²) in [7, 11) is 0. The molecule has 1 fully saturated rings. The number of halogens is 1. The third-order valence-electron chi connectivity index (χ3n) is 3.81. The molecule has 19 heavy (non-hydrogen) atoms. The Labute approximate surface area is 121 Å². The first-order valence-corrected chi connectivity index (χ1v) is 7.61. The van der Waals surface area contributed by atoms with Gasteiger partial charge < -0.3 is 10.4 Å². The zero-order chi connectivity index (χ0) is 13.9. The van der Waals surface area contributed by atoms with E-state index < -0.39 is 5.60 Å². The molecule has 2 rings (SSSR count). The van der Waals surface area contributed by atoms with Crippen LogP contribution < -0.4 is 5.32 Å². The van der Waals surface area contributed by atoms with Gasteiger partial charge in [-0.1, -0.05) is 37.1 Å². The molecule has 2 unspecified atom stereocenters. The van der Waals surface area contributed by atoms with Gasteiger partial charge in [0.25, 0.3) is 0 Å². The van der Waals surface area contributed by atoms with Crippen LogP contribution in [0.5, 0.6) is 0 Å². The van der Waals surface area contributed by atoms with Gasteiger partial charge in [-0.25, -0.2) is 0 Å². The highest BCUT2D eigenvalue weighted by Crippen LogP contribution is 2.41. The lowest BCUT2D eigenvalue weighted by molar-refractivity contribution is 0.0463. The minimum absolute atomic E-state index is 0.348. The Kier molecular flexibility index (Phi) is 4.88. The van der Waals surface area contributed by atoms with Crippen molar-refractivity contribution in [2.75, 3.05) is 6.54 Å². The lowest BCUT2D eigenvalue weighted by Crippen LogP contribution is -2.39. The van der Waals surface area contributed by atoms with Crippen LogP contribution in [-0.4, -0.2) is 17.3 Å². The summed E-state index contributed by atoms with van der Waals surface area (Å²) in [6.45, 7) is 4.66. The minimum Gasteiger partial charge on any atom is -0.389 e. The molecule has 0 bridgehead atoms. The van der Waals surface area contributed by atoms with Crippen LogP contribution in [0.1, 0.15) is 51.1 Å². The number of benzene rings is 1. The normalized spacial score (nSPS) is 20.0. The lowest BCUT2D eigenvalue weighted by Gasteiger charge is -2.27. The second kappa shape index (κ2) is 6.25. The van der Waals surface area contributed by atoms with E-state index in [-0.39, 0.29) is 0 Å². The van der Waals surface area contributed by atoms with Crippen molar-refractivity contribution in [2.45, 2.75) is 51.2 Å². The predicted molar refractivity (Wildman–Crippen MR) is 80.5 cm³/mol. The van der Waals surface area contributed by atoms with Gasteiger partial charge in [0.05, 0.1) is 5.60 Å². The van der Waals surface area contributed by atoms with Crippen LogP contribution in [0, 0.1) is 5.92 Å². The molecule has 0 heterocycles. The molecule has 1 aromatic carbocycles. The second-order valence-electron chi connectivity index (χ2n) is 5.99. The summed E-state index contributed by atoms with van der Waals surface area (Å²) in [6.07, 6.45) is 4.38. The molecule has 3 heteroatoms. The number of rotatable bonds is 7. The molecule has 0 amide bonds. The van der Waals surface area contributed by atoms with Crippen molar-refractivity contribution in [3.63, 3.8) is 0 Å². The zero-order valence-corrected chi connectivity index (χ0v) is 12.6. The van der Waals surface area contributed by atoms with E-state index in [9.17, 15) is 5.11 Å². The van der Waals surface area contributed by atoms with E-state index in [0.717, 1.165) is 17.9 Å². The van der Waals surface area contributed by atoms with Gasteiger partial charge in [0, 0.05) is 17.6 Å². The van der Waals surface area contributed by atoms with Gasteiger partial charge in [-0.15, -0.1) is 0 Å². The smallest absolute Gasteiger partial charge is 0.0743 e. The summed E-state index contributed by atoms with van der Waals surface area (Å²) in [5.74, 6) is 0.707. The van der Waals surface area contributed by atoms with Crippen molar-refractivity contribution in [3.05, 3.63) is 34.9 Å². The summed E-state index contributed by atoms with van der Waals surface area (Å²) in [4.78, 5) is 0. The highest BCUT2D eigenvalue weighted by atomic mass is 35.5. The first-order chi connectivity index (χ1) is 9.02. The highest BCUT2D eigenvalue weighted by Gasteiger charge is 2.33. The quantitative estimate of drug-likeness (QED) is 0.794. The Hall–Kier alpha value is -0.570. The van der Waals surface area contributed by atoms with Crippen molar-refractivity contribution in [1.29, 1.82) is 0 Å². The van der Waals surface area contributed by atoms with Crippen molar-refractivity contribution >= 4 is 11.6 Å². The van der Waals surface area contributed by atoms with Gasteiger partial charge in [-0.2, -0.15) is 0 Å². The highest BCUT2D eigenvalue weighted by molar-refractivity contribution is 6.30. The Morgan fingerprint density at radius 2 is 2.00 bits per heavy atom. The summed E-state index contributed by atoms with van der Waals surface area (Å²) in [5.41, 5.74) is 0.660. The average molecular weight is 282 g/mol. The van der Waals surface area contributed by atoms with Gasteiger partial charge in [0.2, 0.25) is 0 Å². The van der Waals surface area contributed by atoms with Crippen LogP contribution >= 0.6 is 11.6 Å². The van der Waals surface area contributed by atoms with E-state index in [0.29, 0.717) is 18.5 Å². The Morgan fingerprint density at radius 3 is 2.53 bits per heavy atom. The first kappa shape index (κ1) is 14.8. The van der Waals surface area contributed by atoms with E-state index >= 15 is 0 Å². The fourth-order valence-corrected chi connectivity index (χ4v) is 2.74. The van der Waals surface area contributed by atoms with Crippen LogP contribution in [-0.2, 0) is 0 Å². The number of nitrogens with one attached hydrogen (secondary N) is 1. The zero-order valence-electron chi connectivity index (χ0n) is 11.8. The van der Waals surface area contributed by atoms with Gasteiger partial charge in [0.1, 0.15) is 0 Å². The van der Waals surface area contributed by atoms with Gasteiger partial charge in [0.15, 0.2) is 0 Å². The van der Waals surface area contributed by atoms with Crippen LogP contribution in [0.3, 0.4) is 0 Å². The summed E-state index contributed by atoms with van der Waals surface area (Å²) >= 11 is 5.94. The van der Waals surface area contributed by atoms with Crippen LogP contribution in [0.25, 0.3) is 0 Å². The maximum atomic E-state index is 10.3. The molecule has 2 N–H and O–H groups in total. The molecule has 2 nitrogen and oxygen atoms in total. The SMILES string of the molecule is CCCC(C)(O)CNC(c1ccc(Cl)cc1)C1CC1. The molecule has 0 radical (unpaired) electrons. The molecule has 1 aromatic rings. The first-order valence-electron chi connectivity index (χ1n) is 7.23. The molecule has 1 aliphatic carbocycles. The van der Waals surface area contributed by atoms with Crippen LogP contribution in [0.4, 0.5) is 0 Å². The Morgan fingerprint density at radius 1 is 1.37 bits per heavy atom. The Bertz CT molecular complexity index is 398. The van der Waals surface area contributed by atoms with E-state index in [2.05, 4.69) is 24.4 Å². The molecule has 1 saturated carbocycles. The third-order valence-corrected chi connectivity index (χ3v) is 4.07. The van der Waals surface area contributed by atoms with E-state index in [4.69, 9.17) is 11.6 Å². The third kappa shape index (κ3) is 4.48. The van der Waals surface area contributed by atoms with Crippen molar-refractivity contribution < 1.29 is 5.11 Å². The van der Waals surface area contributed by atoms with Crippen molar-refractivity contribution in [2.24, 2.45) is 5.92 Å².